The fourth-order valence-corrected chi connectivity index (χ4v) is 1.46. The van der Waals surface area contributed by atoms with Gasteiger partial charge in [-0.2, -0.15) is 13.2 Å². The highest BCUT2D eigenvalue weighted by Crippen LogP contribution is 2.21. The lowest BCUT2D eigenvalue weighted by Gasteiger charge is -2.15. The number of halogens is 3. The van der Waals surface area contributed by atoms with E-state index in [-0.39, 0.29) is 12.6 Å². The minimum Gasteiger partial charge on any atom is -0.497 e. The Morgan fingerprint density at radius 3 is 2.65 bits per heavy atom. The van der Waals surface area contributed by atoms with Crippen molar-refractivity contribution in [3.05, 3.63) is 29.8 Å². The quantitative estimate of drug-likeness (QED) is 0.862. The van der Waals surface area contributed by atoms with Crippen LogP contribution in [0.25, 0.3) is 0 Å². The van der Waals surface area contributed by atoms with E-state index in [1.165, 1.54) is 0 Å². The molecule has 0 spiro atoms. The number of rotatable bonds is 5. The molecular weight excluding hydrogens is 231 g/mol. The Bertz CT molecular complexity index is 352. The van der Waals surface area contributed by atoms with Crippen molar-refractivity contribution in [1.82, 2.24) is 5.32 Å². The summed E-state index contributed by atoms with van der Waals surface area (Å²) in [6, 6.07) is 7.15. The molecule has 0 unspecified atom stereocenters. The second-order valence-electron chi connectivity index (χ2n) is 3.82. The van der Waals surface area contributed by atoms with Crippen molar-refractivity contribution in [3.8, 4) is 5.75 Å². The first kappa shape index (κ1) is 13.8. The van der Waals surface area contributed by atoms with Crippen LogP contribution in [-0.4, -0.2) is 19.8 Å². The summed E-state index contributed by atoms with van der Waals surface area (Å²) in [5, 5.41) is 2.83. The third-order valence-corrected chi connectivity index (χ3v) is 2.45. The second-order valence-corrected chi connectivity index (χ2v) is 3.82. The van der Waals surface area contributed by atoms with Crippen molar-refractivity contribution in [2.24, 2.45) is 0 Å². The zero-order valence-electron chi connectivity index (χ0n) is 9.84. The molecule has 1 aromatic rings. The number of ether oxygens (including phenoxy) is 1. The van der Waals surface area contributed by atoms with Gasteiger partial charge in [0.05, 0.1) is 13.5 Å². The maximum Gasteiger partial charge on any atom is 0.390 e. The molecule has 1 N–H and O–H groups in total. The third-order valence-electron chi connectivity index (χ3n) is 2.45. The molecule has 0 aliphatic heterocycles. The van der Waals surface area contributed by atoms with Crippen LogP contribution in [0.2, 0.25) is 0 Å². The van der Waals surface area contributed by atoms with Gasteiger partial charge in [0, 0.05) is 12.6 Å². The zero-order chi connectivity index (χ0) is 12.9. The van der Waals surface area contributed by atoms with Gasteiger partial charge < -0.3 is 10.1 Å². The van der Waals surface area contributed by atoms with Crippen LogP contribution >= 0.6 is 0 Å². The number of hydrogen-bond donors (Lipinski definition) is 1. The van der Waals surface area contributed by atoms with Crippen LogP contribution in [-0.2, 0) is 0 Å². The number of nitrogens with one attached hydrogen (secondary N) is 1. The van der Waals surface area contributed by atoms with Gasteiger partial charge in [0.15, 0.2) is 0 Å². The summed E-state index contributed by atoms with van der Waals surface area (Å²) in [5.41, 5.74) is 0.909. The third kappa shape index (κ3) is 5.08. The molecule has 0 aliphatic rings. The van der Waals surface area contributed by atoms with E-state index < -0.39 is 12.6 Å². The highest BCUT2D eigenvalue weighted by molar-refractivity contribution is 5.30. The van der Waals surface area contributed by atoms with Gasteiger partial charge in [-0.1, -0.05) is 12.1 Å². The first-order valence-electron chi connectivity index (χ1n) is 5.36. The van der Waals surface area contributed by atoms with Crippen molar-refractivity contribution in [3.63, 3.8) is 0 Å². The number of benzene rings is 1. The molecule has 17 heavy (non-hydrogen) atoms. The van der Waals surface area contributed by atoms with Crippen molar-refractivity contribution < 1.29 is 17.9 Å². The maximum absolute atomic E-state index is 12.0. The predicted octanol–water partition coefficient (Wildman–Crippen LogP) is 3.30. The molecule has 96 valence electrons. The summed E-state index contributed by atoms with van der Waals surface area (Å²) < 4.78 is 41.0. The Labute approximate surface area is 98.8 Å². The lowest BCUT2D eigenvalue weighted by Crippen LogP contribution is -2.24. The molecule has 1 rings (SSSR count). The van der Waals surface area contributed by atoms with Gasteiger partial charge in [0.2, 0.25) is 0 Å². The summed E-state index contributed by atoms with van der Waals surface area (Å²) >= 11 is 0. The van der Waals surface area contributed by atoms with Gasteiger partial charge >= 0.3 is 6.18 Å². The number of methoxy groups -OCH3 is 1. The van der Waals surface area contributed by atoms with Crippen LogP contribution < -0.4 is 10.1 Å². The normalized spacial score (nSPS) is 13.5. The van der Waals surface area contributed by atoms with Gasteiger partial charge in [-0.05, 0) is 24.6 Å². The van der Waals surface area contributed by atoms with E-state index in [1.807, 2.05) is 25.1 Å². The topological polar surface area (TPSA) is 21.3 Å². The van der Waals surface area contributed by atoms with Crippen LogP contribution in [0.5, 0.6) is 5.75 Å². The molecule has 1 aromatic carbocycles. The van der Waals surface area contributed by atoms with Crippen molar-refractivity contribution in [2.75, 3.05) is 13.7 Å². The van der Waals surface area contributed by atoms with E-state index in [9.17, 15) is 13.2 Å². The van der Waals surface area contributed by atoms with Crippen molar-refractivity contribution in [1.29, 1.82) is 0 Å². The van der Waals surface area contributed by atoms with Gasteiger partial charge in [0.25, 0.3) is 0 Å². The van der Waals surface area contributed by atoms with Gasteiger partial charge in [-0.25, -0.2) is 0 Å². The number of alkyl halides is 3. The Kier molecular flexibility index (Phi) is 4.81. The Morgan fingerprint density at radius 1 is 1.35 bits per heavy atom. The molecule has 0 fully saturated rings. The molecule has 0 bridgehead atoms. The average Bonchev–Trinajstić information content (AvgIpc) is 2.27. The van der Waals surface area contributed by atoms with Gasteiger partial charge in [0.1, 0.15) is 5.75 Å². The number of hydrogen-bond acceptors (Lipinski definition) is 2. The molecule has 0 heterocycles. The van der Waals surface area contributed by atoms with E-state index in [0.717, 1.165) is 5.56 Å². The van der Waals surface area contributed by atoms with E-state index in [2.05, 4.69) is 5.32 Å². The van der Waals surface area contributed by atoms with Gasteiger partial charge in [-0.3, -0.25) is 0 Å². The zero-order valence-corrected chi connectivity index (χ0v) is 9.84. The molecule has 5 heteroatoms. The smallest absolute Gasteiger partial charge is 0.390 e. The predicted molar refractivity (Wildman–Crippen MR) is 60.1 cm³/mol. The highest BCUT2D eigenvalue weighted by atomic mass is 19.4. The second kappa shape index (κ2) is 5.91. The van der Waals surface area contributed by atoms with E-state index in [4.69, 9.17) is 4.74 Å². The standard InChI is InChI=1S/C12H16F3NO/c1-9(16-7-6-12(13,14)15)10-4-3-5-11(8-10)17-2/h3-5,8-9,16H,6-7H2,1-2H3/t9-/m1/s1. The summed E-state index contributed by atoms with van der Waals surface area (Å²) in [6.45, 7) is 1.74. The van der Waals surface area contributed by atoms with Crippen LogP contribution in [0.4, 0.5) is 13.2 Å². The summed E-state index contributed by atoms with van der Waals surface area (Å²) in [4.78, 5) is 0. The molecule has 0 saturated heterocycles. The molecule has 0 saturated carbocycles. The lowest BCUT2D eigenvalue weighted by atomic mass is 10.1. The first-order valence-corrected chi connectivity index (χ1v) is 5.36. The van der Waals surface area contributed by atoms with Crippen LogP contribution in [0.15, 0.2) is 24.3 Å². The molecule has 0 aromatic heterocycles. The summed E-state index contributed by atoms with van der Waals surface area (Å²) in [6.07, 6.45) is -4.93. The molecule has 0 amide bonds. The van der Waals surface area contributed by atoms with Crippen molar-refractivity contribution >= 4 is 0 Å². The molecule has 0 aliphatic carbocycles. The first-order chi connectivity index (χ1) is 7.92. The largest absolute Gasteiger partial charge is 0.497 e. The lowest BCUT2D eigenvalue weighted by molar-refractivity contribution is -0.133. The molecular formula is C12H16F3NO. The van der Waals surface area contributed by atoms with Crippen LogP contribution in [0, 0.1) is 0 Å². The minimum absolute atomic E-state index is 0.0815. The molecule has 1 atom stereocenters. The van der Waals surface area contributed by atoms with Crippen LogP contribution in [0.1, 0.15) is 24.9 Å². The maximum atomic E-state index is 12.0. The molecule has 2 nitrogen and oxygen atoms in total. The van der Waals surface area contributed by atoms with Gasteiger partial charge in [-0.15, -0.1) is 0 Å². The Balaban J connectivity index is 2.49. The van der Waals surface area contributed by atoms with E-state index in [1.54, 1.807) is 13.2 Å². The van der Waals surface area contributed by atoms with Crippen LogP contribution in [0.3, 0.4) is 0 Å². The van der Waals surface area contributed by atoms with Crippen molar-refractivity contribution in [2.45, 2.75) is 25.6 Å². The minimum atomic E-state index is -4.11. The average molecular weight is 247 g/mol. The fraction of sp³-hybridized carbons (Fsp3) is 0.500. The van der Waals surface area contributed by atoms with E-state index in [0.29, 0.717) is 5.75 Å². The molecule has 0 radical (unpaired) electrons. The SMILES string of the molecule is COc1cccc([C@@H](C)NCCC(F)(F)F)c1. The monoisotopic (exact) mass is 247 g/mol. The summed E-state index contributed by atoms with van der Waals surface area (Å²) in [7, 11) is 1.56. The Morgan fingerprint density at radius 2 is 2.06 bits per heavy atom. The van der Waals surface area contributed by atoms with E-state index >= 15 is 0 Å². The highest BCUT2D eigenvalue weighted by Gasteiger charge is 2.26. The summed E-state index contributed by atoms with van der Waals surface area (Å²) in [5.74, 6) is 0.701. The fourth-order valence-electron chi connectivity index (χ4n) is 1.46. The Hall–Kier alpha value is -1.23.